The fraction of sp³-hybridized carbons (Fsp3) is 0.654. The van der Waals surface area contributed by atoms with E-state index in [0.717, 1.165) is 31.5 Å². The summed E-state index contributed by atoms with van der Waals surface area (Å²) in [5, 5.41) is 4.19. The first kappa shape index (κ1) is 23.0. The smallest absolute Gasteiger partial charge is 0.241 e. The summed E-state index contributed by atoms with van der Waals surface area (Å²) >= 11 is 0. The second kappa shape index (κ2) is 9.74. The maximum Gasteiger partial charge on any atom is 0.241 e. The minimum absolute atomic E-state index is 0.125. The van der Waals surface area contributed by atoms with Crippen LogP contribution in [0.2, 0.25) is 0 Å². The average Bonchev–Trinajstić information content (AvgIpc) is 3.27. The summed E-state index contributed by atoms with van der Waals surface area (Å²) in [5.41, 5.74) is 2.39. The van der Waals surface area contributed by atoms with Crippen LogP contribution < -0.4 is 0 Å². The van der Waals surface area contributed by atoms with Gasteiger partial charge in [-0.05, 0) is 49.8 Å². The predicted molar refractivity (Wildman–Crippen MR) is 126 cm³/mol. The quantitative estimate of drug-likeness (QED) is 0.655. The number of hydrogen-bond acceptors (Lipinski definition) is 5. The third kappa shape index (κ3) is 5.40. The van der Waals surface area contributed by atoms with Crippen LogP contribution in [-0.2, 0) is 16.8 Å². The monoisotopic (exact) mass is 438 g/mol. The van der Waals surface area contributed by atoms with E-state index in [9.17, 15) is 4.79 Å². The summed E-state index contributed by atoms with van der Waals surface area (Å²) in [7, 11) is 2.01. The van der Waals surface area contributed by atoms with E-state index in [1.807, 2.05) is 7.05 Å². The van der Waals surface area contributed by atoms with E-state index in [-0.39, 0.29) is 11.3 Å². The molecule has 1 aliphatic heterocycles. The zero-order valence-corrected chi connectivity index (χ0v) is 20.1. The number of aromatic nitrogens is 2. The van der Waals surface area contributed by atoms with E-state index in [1.165, 1.54) is 37.7 Å². The van der Waals surface area contributed by atoms with Gasteiger partial charge in [0.15, 0.2) is 0 Å². The standard InChI is InChI=1S/C26H38N4O2/c1-26(2,3)21-12-10-19(11-13-21)24-27-23(32-28-24)18-30-16-14-20(15-17-30)25(31)29(4)22-8-6-5-7-9-22/h10-13,20,22H,5-9,14-18H2,1-4H3. The highest BCUT2D eigenvalue weighted by Gasteiger charge is 2.31. The van der Waals surface area contributed by atoms with Crippen molar-refractivity contribution in [1.82, 2.24) is 19.9 Å². The number of rotatable bonds is 5. The maximum atomic E-state index is 13.0. The van der Waals surface area contributed by atoms with Crippen LogP contribution >= 0.6 is 0 Å². The molecule has 2 heterocycles. The summed E-state index contributed by atoms with van der Waals surface area (Å²) in [5.74, 6) is 1.77. The highest BCUT2D eigenvalue weighted by molar-refractivity contribution is 5.79. The maximum absolute atomic E-state index is 13.0. The number of hydrogen-bond donors (Lipinski definition) is 0. The van der Waals surface area contributed by atoms with Gasteiger partial charge < -0.3 is 9.42 Å². The van der Waals surface area contributed by atoms with Crippen LogP contribution in [0.25, 0.3) is 11.4 Å². The van der Waals surface area contributed by atoms with Crippen molar-refractivity contribution in [2.75, 3.05) is 20.1 Å². The van der Waals surface area contributed by atoms with Gasteiger partial charge in [0.25, 0.3) is 0 Å². The van der Waals surface area contributed by atoms with Gasteiger partial charge in [0.2, 0.25) is 17.6 Å². The van der Waals surface area contributed by atoms with Crippen LogP contribution in [-0.4, -0.2) is 52.0 Å². The molecule has 1 saturated heterocycles. The molecule has 2 aliphatic rings. The second-order valence-electron chi connectivity index (χ2n) is 10.6. The molecule has 0 spiro atoms. The van der Waals surface area contributed by atoms with Crippen molar-refractivity contribution in [2.24, 2.45) is 5.92 Å². The first-order valence-electron chi connectivity index (χ1n) is 12.2. The third-order valence-corrected chi connectivity index (χ3v) is 7.24. The van der Waals surface area contributed by atoms with E-state index in [4.69, 9.17) is 4.52 Å². The van der Waals surface area contributed by atoms with Gasteiger partial charge in [0.1, 0.15) is 0 Å². The molecule has 32 heavy (non-hydrogen) atoms. The number of carbonyl (C=O) groups excluding carboxylic acids is 1. The highest BCUT2D eigenvalue weighted by atomic mass is 16.5. The van der Waals surface area contributed by atoms with Crippen molar-refractivity contribution >= 4 is 5.91 Å². The van der Waals surface area contributed by atoms with Gasteiger partial charge in [0.05, 0.1) is 6.54 Å². The molecule has 0 atom stereocenters. The minimum Gasteiger partial charge on any atom is -0.343 e. The van der Waals surface area contributed by atoms with E-state index < -0.39 is 0 Å². The topological polar surface area (TPSA) is 62.5 Å². The predicted octanol–water partition coefficient (Wildman–Crippen LogP) is 5.04. The Balaban J connectivity index is 1.28. The molecule has 0 unspecified atom stereocenters. The Morgan fingerprint density at radius 2 is 1.72 bits per heavy atom. The van der Waals surface area contributed by atoms with Crippen LogP contribution in [0.3, 0.4) is 0 Å². The van der Waals surface area contributed by atoms with Crippen LogP contribution in [0.5, 0.6) is 0 Å². The normalized spacial score (nSPS) is 19.2. The SMILES string of the molecule is CN(C(=O)C1CCN(Cc2nc(-c3ccc(C(C)(C)C)cc3)no2)CC1)C1CCCCC1. The molecule has 1 aromatic carbocycles. The number of benzene rings is 1. The molecule has 0 bridgehead atoms. The van der Waals surface area contributed by atoms with E-state index in [1.54, 1.807) is 0 Å². The first-order valence-corrected chi connectivity index (χ1v) is 12.2. The Hall–Kier alpha value is -2.21. The molecule has 4 rings (SSSR count). The molecule has 174 valence electrons. The van der Waals surface area contributed by atoms with E-state index >= 15 is 0 Å². The molecule has 0 N–H and O–H groups in total. The summed E-state index contributed by atoms with van der Waals surface area (Å²) in [6.45, 7) is 9.06. The molecule has 6 nitrogen and oxygen atoms in total. The van der Waals surface area contributed by atoms with Gasteiger partial charge in [-0.15, -0.1) is 0 Å². The van der Waals surface area contributed by atoms with Crippen LogP contribution in [0.15, 0.2) is 28.8 Å². The van der Waals surface area contributed by atoms with Crippen LogP contribution in [0.1, 0.15) is 77.2 Å². The van der Waals surface area contributed by atoms with Crippen molar-refractivity contribution in [2.45, 2.75) is 83.7 Å². The van der Waals surface area contributed by atoms with Gasteiger partial charge in [0, 0.05) is 24.6 Å². The second-order valence-corrected chi connectivity index (χ2v) is 10.6. The Kier molecular flexibility index (Phi) is 6.99. The highest BCUT2D eigenvalue weighted by Crippen LogP contribution is 2.27. The number of likely N-dealkylation sites (tertiary alicyclic amines) is 1. The Morgan fingerprint density at radius 3 is 2.34 bits per heavy atom. The number of piperidine rings is 1. The Morgan fingerprint density at radius 1 is 1.06 bits per heavy atom. The number of amides is 1. The van der Waals surface area contributed by atoms with Gasteiger partial charge in [-0.1, -0.05) is 69.5 Å². The Labute approximate surface area is 192 Å². The number of nitrogens with zero attached hydrogens (tertiary/aromatic N) is 4. The molecule has 2 aromatic rings. The van der Waals surface area contributed by atoms with Crippen molar-refractivity contribution in [3.05, 3.63) is 35.7 Å². The van der Waals surface area contributed by atoms with Crippen LogP contribution in [0.4, 0.5) is 0 Å². The largest absolute Gasteiger partial charge is 0.343 e. The fourth-order valence-corrected chi connectivity index (χ4v) is 5.02. The lowest BCUT2D eigenvalue weighted by Gasteiger charge is -2.36. The van der Waals surface area contributed by atoms with Gasteiger partial charge in [-0.3, -0.25) is 9.69 Å². The lowest BCUT2D eigenvalue weighted by molar-refractivity contribution is -0.138. The summed E-state index contributed by atoms with van der Waals surface area (Å²) in [4.78, 5) is 22.0. The molecule has 1 saturated carbocycles. The number of carbonyl (C=O) groups is 1. The van der Waals surface area contributed by atoms with Crippen molar-refractivity contribution in [3.8, 4) is 11.4 Å². The van der Waals surface area contributed by atoms with Crippen molar-refractivity contribution < 1.29 is 9.32 Å². The zero-order chi connectivity index (χ0) is 22.7. The van der Waals surface area contributed by atoms with E-state index in [2.05, 4.69) is 65.0 Å². The molecule has 1 aromatic heterocycles. The van der Waals surface area contributed by atoms with Crippen molar-refractivity contribution in [3.63, 3.8) is 0 Å². The molecule has 1 aliphatic carbocycles. The first-order chi connectivity index (χ1) is 15.3. The molecular formula is C26H38N4O2. The van der Waals surface area contributed by atoms with Gasteiger partial charge >= 0.3 is 0 Å². The molecule has 6 heteroatoms. The van der Waals surface area contributed by atoms with Crippen LogP contribution in [0, 0.1) is 5.92 Å². The summed E-state index contributed by atoms with van der Waals surface area (Å²) < 4.78 is 5.53. The lowest BCUT2D eigenvalue weighted by Crippen LogP contribution is -2.45. The summed E-state index contributed by atoms with van der Waals surface area (Å²) in [6.07, 6.45) is 7.98. The van der Waals surface area contributed by atoms with Gasteiger partial charge in [-0.2, -0.15) is 4.98 Å². The minimum atomic E-state index is 0.125. The Bertz CT molecular complexity index is 885. The molecule has 0 radical (unpaired) electrons. The van der Waals surface area contributed by atoms with Crippen molar-refractivity contribution in [1.29, 1.82) is 0 Å². The lowest BCUT2D eigenvalue weighted by atomic mass is 9.87. The third-order valence-electron chi connectivity index (χ3n) is 7.24. The van der Waals surface area contributed by atoms with Gasteiger partial charge in [-0.25, -0.2) is 0 Å². The fourth-order valence-electron chi connectivity index (χ4n) is 5.02. The molecule has 2 fully saturated rings. The summed E-state index contributed by atoms with van der Waals surface area (Å²) in [6, 6.07) is 8.85. The zero-order valence-electron chi connectivity index (χ0n) is 20.1. The average molecular weight is 439 g/mol. The molecular weight excluding hydrogens is 400 g/mol. The van der Waals surface area contributed by atoms with E-state index in [0.29, 0.717) is 30.2 Å². The molecule has 1 amide bonds.